The first kappa shape index (κ1) is 11.2. The Morgan fingerprint density at radius 2 is 2.25 bits per heavy atom. The number of thioether (sulfide) groups is 1. The lowest BCUT2D eigenvalue weighted by molar-refractivity contribution is -0.122. The monoisotopic (exact) mass is 251 g/mol. The van der Waals surface area contributed by atoms with E-state index in [1.807, 2.05) is 16.8 Å². The van der Waals surface area contributed by atoms with Gasteiger partial charge in [-0.2, -0.15) is 11.3 Å². The number of imide groups is 1. The van der Waals surface area contributed by atoms with Gasteiger partial charge in [-0.25, -0.2) is 0 Å². The number of rotatable bonds is 3. The zero-order valence-corrected chi connectivity index (χ0v) is 10.0. The van der Waals surface area contributed by atoms with E-state index in [4.69, 9.17) is 0 Å². The van der Waals surface area contributed by atoms with Crippen molar-refractivity contribution in [2.75, 3.05) is 6.54 Å². The maximum absolute atomic E-state index is 11.8. The molecule has 0 aliphatic carbocycles. The van der Waals surface area contributed by atoms with Gasteiger partial charge in [0.25, 0.3) is 11.1 Å². The fourth-order valence-corrected chi connectivity index (χ4v) is 2.76. The Morgan fingerprint density at radius 3 is 2.88 bits per heavy atom. The van der Waals surface area contributed by atoms with Crippen molar-refractivity contribution in [2.45, 2.75) is 0 Å². The summed E-state index contributed by atoms with van der Waals surface area (Å²) in [6, 6.07) is 1.91. The molecule has 2 amide bonds. The van der Waals surface area contributed by atoms with Crippen molar-refractivity contribution in [1.29, 1.82) is 0 Å². The molecule has 1 aromatic rings. The minimum Gasteiger partial charge on any atom is -0.268 e. The molecule has 0 radical (unpaired) electrons. The van der Waals surface area contributed by atoms with E-state index in [2.05, 4.69) is 6.58 Å². The summed E-state index contributed by atoms with van der Waals surface area (Å²) >= 11 is 2.53. The van der Waals surface area contributed by atoms with E-state index in [0.29, 0.717) is 4.91 Å². The van der Waals surface area contributed by atoms with E-state index in [9.17, 15) is 9.59 Å². The third-order valence-corrected chi connectivity index (χ3v) is 3.64. The second kappa shape index (κ2) is 4.67. The van der Waals surface area contributed by atoms with Crippen LogP contribution < -0.4 is 0 Å². The van der Waals surface area contributed by atoms with Crippen LogP contribution in [0.5, 0.6) is 0 Å². The zero-order valence-electron chi connectivity index (χ0n) is 8.38. The molecule has 0 bridgehead atoms. The van der Waals surface area contributed by atoms with Crippen molar-refractivity contribution in [1.82, 2.24) is 4.90 Å². The number of hydrogen-bond acceptors (Lipinski definition) is 4. The molecule has 2 heterocycles. The molecule has 82 valence electrons. The molecule has 0 N–H and O–H groups in total. The summed E-state index contributed by atoms with van der Waals surface area (Å²) in [5, 5.41) is 3.63. The lowest BCUT2D eigenvalue weighted by atomic mass is 10.3. The van der Waals surface area contributed by atoms with Crippen molar-refractivity contribution in [3.05, 3.63) is 40.0 Å². The Hall–Kier alpha value is -1.33. The number of amides is 2. The number of hydrogen-bond donors (Lipinski definition) is 0. The second-order valence-electron chi connectivity index (χ2n) is 3.14. The Morgan fingerprint density at radius 1 is 1.44 bits per heavy atom. The Bertz CT molecular complexity index is 462. The molecule has 2 rings (SSSR count). The van der Waals surface area contributed by atoms with E-state index < -0.39 is 0 Å². The fraction of sp³-hybridized carbons (Fsp3) is 0.0909. The number of nitrogens with zero attached hydrogens (tertiary/aromatic N) is 1. The first-order valence-corrected chi connectivity index (χ1v) is 6.37. The third kappa shape index (κ3) is 2.10. The summed E-state index contributed by atoms with van der Waals surface area (Å²) in [4.78, 5) is 25.0. The molecule has 0 saturated carbocycles. The second-order valence-corrected chi connectivity index (χ2v) is 4.91. The van der Waals surface area contributed by atoms with Crippen LogP contribution in [-0.4, -0.2) is 22.6 Å². The molecule has 0 unspecified atom stereocenters. The molecule has 1 aliphatic rings. The predicted molar refractivity (Wildman–Crippen MR) is 67.2 cm³/mol. The summed E-state index contributed by atoms with van der Waals surface area (Å²) in [7, 11) is 0. The molecule has 1 aromatic heterocycles. The fourth-order valence-electron chi connectivity index (χ4n) is 1.29. The van der Waals surface area contributed by atoms with Gasteiger partial charge in [-0.3, -0.25) is 14.5 Å². The van der Waals surface area contributed by atoms with Crippen LogP contribution in [0.1, 0.15) is 5.56 Å². The first-order valence-electron chi connectivity index (χ1n) is 4.61. The minimum absolute atomic E-state index is 0.230. The number of carbonyl (C=O) groups is 2. The number of carbonyl (C=O) groups excluding carboxylic acids is 2. The van der Waals surface area contributed by atoms with Crippen LogP contribution in [0.4, 0.5) is 4.79 Å². The van der Waals surface area contributed by atoms with Crippen LogP contribution in [0.25, 0.3) is 6.08 Å². The molecule has 1 saturated heterocycles. The quantitative estimate of drug-likeness (QED) is 0.612. The summed E-state index contributed by atoms with van der Waals surface area (Å²) in [5.74, 6) is -0.235. The highest BCUT2D eigenvalue weighted by molar-refractivity contribution is 8.18. The van der Waals surface area contributed by atoms with Gasteiger partial charge in [-0.05, 0) is 40.2 Å². The molecule has 0 spiro atoms. The highest BCUT2D eigenvalue weighted by atomic mass is 32.2. The largest absolute Gasteiger partial charge is 0.293 e. The molecular weight excluding hydrogens is 242 g/mol. The standard InChI is InChI=1S/C11H9NO2S2/c1-2-4-12-10(13)9(16-11(12)14)6-8-3-5-15-7-8/h2-3,5-7H,1,4H2. The molecule has 3 nitrogen and oxygen atoms in total. The van der Waals surface area contributed by atoms with Crippen LogP contribution in [0, 0.1) is 0 Å². The maximum Gasteiger partial charge on any atom is 0.293 e. The van der Waals surface area contributed by atoms with Crippen LogP contribution >= 0.6 is 23.1 Å². The first-order chi connectivity index (χ1) is 7.72. The molecule has 1 fully saturated rings. The van der Waals surface area contributed by atoms with Gasteiger partial charge in [0.05, 0.1) is 4.91 Å². The molecule has 0 atom stereocenters. The van der Waals surface area contributed by atoms with E-state index >= 15 is 0 Å². The van der Waals surface area contributed by atoms with Crippen molar-refractivity contribution >= 4 is 40.3 Å². The molecule has 0 aromatic carbocycles. The topological polar surface area (TPSA) is 37.4 Å². The maximum atomic E-state index is 11.8. The predicted octanol–water partition coefficient (Wildman–Crippen LogP) is 2.97. The average Bonchev–Trinajstić information content (AvgIpc) is 2.84. The Labute approximate surface area is 101 Å². The van der Waals surface area contributed by atoms with Gasteiger partial charge < -0.3 is 0 Å². The number of thiophene rings is 1. The van der Waals surface area contributed by atoms with Gasteiger partial charge in [0.15, 0.2) is 0 Å². The highest BCUT2D eigenvalue weighted by Gasteiger charge is 2.33. The van der Waals surface area contributed by atoms with Gasteiger partial charge in [0, 0.05) is 6.54 Å². The van der Waals surface area contributed by atoms with Crippen LogP contribution in [0.3, 0.4) is 0 Å². The van der Waals surface area contributed by atoms with Crippen LogP contribution in [0.15, 0.2) is 34.4 Å². The Balaban J connectivity index is 2.23. The van der Waals surface area contributed by atoms with Gasteiger partial charge in [0.1, 0.15) is 0 Å². The summed E-state index contributed by atoms with van der Waals surface area (Å²) in [5.41, 5.74) is 0.953. The SMILES string of the molecule is C=CCN1C(=O)SC(=Cc2ccsc2)C1=O. The van der Waals surface area contributed by atoms with E-state index in [0.717, 1.165) is 17.3 Å². The van der Waals surface area contributed by atoms with E-state index in [1.165, 1.54) is 4.90 Å². The van der Waals surface area contributed by atoms with Gasteiger partial charge >= 0.3 is 0 Å². The minimum atomic E-state index is -0.235. The average molecular weight is 251 g/mol. The van der Waals surface area contributed by atoms with Crippen molar-refractivity contribution in [3.8, 4) is 0 Å². The van der Waals surface area contributed by atoms with Gasteiger partial charge in [-0.1, -0.05) is 6.08 Å². The van der Waals surface area contributed by atoms with Crippen molar-refractivity contribution < 1.29 is 9.59 Å². The third-order valence-electron chi connectivity index (χ3n) is 2.03. The molecule has 16 heavy (non-hydrogen) atoms. The van der Waals surface area contributed by atoms with E-state index in [1.54, 1.807) is 23.5 Å². The van der Waals surface area contributed by atoms with Crippen LogP contribution in [0.2, 0.25) is 0 Å². The van der Waals surface area contributed by atoms with Crippen molar-refractivity contribution in [2.24, 2.45) is 0 Å². The molecule has 5 heteroatoms. The smallest absolute Gasteiger partial charge is 0.268 e. The summed E-state index contributed by atoms with van der Waals surface area (Å²) < 4.78 is 0. The normalized spacial score (nSPS) is 18.5. The van der Waals surface area contributed by atoms with Gasteiger partial charge in [0.2, 0.25) is 0 Å². The summed E-state index contributed by atoms with van der Waals surface area (Å²) in [6.45, 7) is 3.79. The van der Waals surface area contributed by atoms with Crippen molar-refractivity contribution in [3.63, 3.8) is 0 Å². The molecular formula is C11H9NO2S2. The van der Waals surface area contributed by atoms with Gasteiger partial charge in [-0.15, -0.1) is 6.58 Å². The lowest BCUT2D eigenvalue weighted by Crippen LogP contribution is -2.27. The highest BCUT2D eigenvalue weighted by Crippen LogP contribution is 2.32. The van der Waals surface area contributed by atoms with E-state index in [-0.39, 0.29) is 17.7 Å². The zero-order chi connectivity index (χ0) is 11.5. The summed E-state index contributed by atoms with van der Waals surface area (Å²) in [6.07, 6.45) is 3.29. The lowest BCUT2D eigenvalue weighted by Gasteiger charge is -2.07. The molecule has 1 aliphatic heterocycles. The van der Waals surface area contributed by atoms with Crippen LogP contribution in [-0.2, 0) is 4.79 Å². The Kier molecular flexibility index (Phi) is 3.26.